The van der Waals surface area contributed by atoms with Crippen LogP contribution in [0.3, 0.4) is 0 Å². The van der Waals surface area contributed by atoms with Crippen LogP contribution in [-0.2, 0) is 5.41 Å². The molecule has 0 saturated carbocycles. The summed E-state index contributed by atoms with van der Waals surface area (Å²) < 4.78 is 2.98. The van der Waals surface area contributed by atoms with Crippen LogP contribution in [0.4, 0.5) is 0 Å². The zero-order valence-electron chi connectivity index (χ0n) is 11.3. The number of benzene rings is 2. The Balaban J connectivity index is 2.14. The number of hydrogen-bond donors (Lipinski definition) is 0. The quantitative estimate of drug-likeness (QED) is 0.733. The normalized spacial score (nSPS) is 11.7. The molecule has 0 radical (unpaired) electrons. The molecule has 2 aromatic carbocycles. The molecule has 18 heavy (non-hydrogen) atoms. The van der Waals surface area contributed by atoms with E-state index in [1.54, 1.807) is 0 Å². The van der Waals surface area contributed by atoms with Crippen molar-refractivity contribution in [2.24, 2.45) is 0 Å². The predicted molar refractivity (Wildman–Crippen MR) is 73.6 cm³/mol. The third-order valence-corrected chi connectivity index (χ3v) is 6.14. The van der Waals surface area contributed by atoms with Gasteiger partial charge in [-0.2, -0.15) is 0 Å². The second-order valence-corrected chi connectivity index (χ2v) is 8.17. The fourth-order valence-electron chi connectivity index (χ4n) is 1.77. The monoisotopic (exact) mass is 351 g/mol. The molecule has 0 nitrogen and oxygen atoms in total. The molecule has 0 unspecified atom stereocenters. The fourth-order valence-corrected chi connectivity index (χ4v) is 3.98. The van der Waals surface area contributed by atoms with E-state index in [0.29, 0.717) is 5.41 Å². The molecule has 0 amide bonds. The predicted octanol–water partition coefficient (Wildman–Crippen LogP) is 1.50. The molecule has 2 aromatic rings. The van der Waals surface area contributed by atoms with Gasteiger partial charge in [-0.05, 0) is 0 Å². The summed E-state index contributed by atoms with van der Waals surface area (Å²) in [7, 11) is 0. The third-order valence-electron chi connectivity index (χ3n) is 3.46. The molecule has 2 rings (SSSR count). The SMILES string of the molecule is CCC(C)(C)c1ccc([I-]c2ccccc2)cc1. The first-order valence-corrected chi connectivity index (χ1v) is 8.58. The first-order chi connectivity index (χ1) is 8.62. The summed E-state index contributed by atoms with van der Waals surface area (Å²) in [5.41, 5.74) is 1.75. The maximum atomic E-state index is 2.31. The second kappa shape index (κ2) is 5.87. The molecule has 0 heterocycles. The van der Waals surface area contributed by atoms with Crippen molar-refractivity contribution in [3.05, 3.63) is 67.3 Å². The molecular formula is C17H20I-. The molecule has 1 heteroatoms. The van der Waals surface area contributed by atoms with E-state index in [9.17, 15) is 0 Å². The minimum atomic E-state index is -0.0253. The number of hydrogen-bond acceptors (Lipinski definition) is 0. The first kappa shape index (κ1) is 13.6. The van der Waals surface area contributed by atoms with E-state index in [0.717, 1.165) is 0 Å². The van der Waals surface area contributed by atoms with Crippen molar-refractivity contribution in [1.82, 2.24) is 0 Å². The Hall–Kier alpha value is -0.830. The fraction of sp³-hybridized carbons (Fsp3) is 0.294. The summed E-state index contributed by atoms with van der Waals surface area (Å²) >= 11 is -0.0253. The first-order valence-electron chi connectivity index (χ1n) is 6.42. The summed E-state index contributed by atoms with van der Waals surface area (Å²) in [4.78, 5) is 0. The van der Waals surface area contributed by atoms with Crippen molar-refractivity contribution in [3.8, 4) is 0 Å². The van der Waals surface area contributed by atoms with Crippen LogP contribution < -0.4 is 21.2 Å². The number of rotatable bonds is 4. The van der Waals surface area contributed by atoms with Gasteiger partial charge in [0, 0.05) is 0 Å². The summed E-state index contributed by atoms with van der Waals surface area (Å²) in [6.45, 7) is 6.88. The van der Waals surface area contributed by atoms with Gasteiger partial charge in [-0.1, -0.05) is 0 Å². The molecule has 0 aliphatic carbocycles. The van der Waals surface area contributed by atoms with Crippen LogP contribution in [0, 0.1) is 7.14 Å². The van der Waals surface area contributed by atoms with E-state index in [1.165, 1.54) is 19.1 Å². The van der Waals surface area contributed by atoms with Crippen molar-refractivity contribution in [2.45, 2.75) is 32.6 Å². The maximum absolute atomic E-state index is 2.31. The van der Waals surface area contributed by atoms with Crippen molar-refractivity contribution in [2.75, 3.05) is 0 Å². The Morgan fingerprint density at radius 1 is 0.833 bits per heavy atom. The Bertz CT molecular complexity index is 483. The van der Waals surface area contributed by atoms with Crippen LogP contribution in [-0.4, -0.2) is 0 Å². The van der Waals surface area contributed by atoms with Gasteiger partial charge in [0.05, 0.1) is 0 Å². The standard InChI is InChI=1S/C17H20I/c1-4-17(2,3)14-10-12-16(13-11-14)18-15-8-6-5-7-9-15/h5-13H,4H2,1-3H3/q-1. The van der Waals surface area contributed by atoms with Crippen molar-refractivity contribution < 1.29 is 21.2 Å². The molecular weight excluding hydrogens is 331 g/mol. The van der Waals surface area contributed by atoms with E-state index >= 15 is 0 Å². The Labute approximate surface area is 121 Å². The summed E-state index contributed by atoms with van der Waals surface area (Å²) in [6, 6.07) is 20.0. The van der Waals surface area contributed by atoms with Gasteiger partial charge in [0.1, 0.15) is 0 Å². The molecule has 0 spiro atoms. The summed E-state index contributed by atoms with van der Waals surface area (Å²) in [5, 5.41) is 0. The Morgan fingerprint density at radius 3 is 1.94 bits per heavy atom. The zero-order chi connectivity index (χ0) is 13.0. The van der Waals surface area contributed by atoms with Gasteiger partial charge in [0.2, 0.25) is 0 Å². The van der Waals surface area contributed by atoms with Gasteiger partial charge >= 0.3 is 121 Å². The number of halogens is 1. The third kappa shape index (κ3) is 3.35. The van der Waals surface area contributed by atoms with Crippen molar-refractivity contribution in [1.29, 1.82) is 0 Å². The van der Waals surface area contributed by atoms with Crippen LogP contribution >= 0.6 is 0 Å². The van der Waals surface area contributed by atoms with Crippen LogP contribution in [0.15, 0.2) is 54.6 Å². The molecule has 0 N–H and O–H groups in total. The van der Waals surface area contributed by atoms with Crippen molar-refractivity contribution >= 4 is 0 Å². The van der Waals surface area contributed by atoms with Crippen LogP contribution in [0.1, 0.15) is 32.8 Å². The van der Waals surface area contributed by atoms with E-state index in [-0.39, 0.29) is 21.2 Å². The topological polar surface area (TPSA) is 0 Å². The van der Waals surface area contributed by atoms with Gasteiger partial charge in [0.15, 0.2) is 0 Å². The molecule has 0 atom stereocenters. The van der Waals surface area contributed by atoms with E-state index < -0.39 is 0 Å². The molecule has 0 aliphatic heterocycles. The summed E-state index contributed by atoms with van der Waals surface area (Å²) in [5.74, 6) is 0. The van der Waals surface area contributed by atoms with Gasteiger partial charge in [-0.25, -0.2) is 0 Å². The molecule has 96 valence electrons. The van der Waals surface area contributed by atoms with Crippen molar-refractivity contribution in [3.63, 3.8) is 0 Å². The van der Waals surface area contributed by atoms with E-state index in [2.05, 4.69) is 75.4 Å². The van der Waals surface area contributed by atoms with Gasteiger partial charge < -0.3 is 0 Å². The van der Waals surface area contributed by atoms with Gasteiger partial charge in [0.25, 0.3) is 0 Å². The molecule has 0 bridgehead atoms. The van der Waals surface area contributed by atoms with Crippen LogP contribution in [0.25, 0.3) is 0 Å². The molecule has 0 saturated heterocycles. The molecule has 0 aliphatic rings. The Kier molecular flexibility index (Phi) is 4.44. The van der Waals surface area contributed by atoms with Crippen LogP contribution in [0.5, 0.6) is 0 Å². The molecule has 0 fully saturated rings. The van der Waals surface area contributed by atoms with Gasteiger partial charge in [-0.15, -0.1) is 0 Å². The van der Waals surface area contributed by atoms with E-state index in [4.69, 9.17) is 0 Å². The molecule has 0 aromatic heterocycles. The van der Waals surface area contributed by atoms with Crippen LogP contribution in [0.2, 0.25) is 0 Å². The average molecular weight is 351 g/mol. The Morgan fingerprint density at radius 2 is 1.39 bits per heavy atom. The average Bonchev–Trinajstić information content (AvgIpc) is 2.40. The second-order valence-electron chi connectivity index (χ2n) is 5.13. The van der Waals surface area contributed by atoms with Gasteiger partial charge in [-0.3, -0.25) is 0 Å². The zero-order valence-corrected chi connectivity index (χ0v) is 13.4. The van der Waals surface area contributed by atoms with E-state index in [1.807, 2.05) is 0 Å². The summed E-state index contributed by atoms with van der Waals surface area (Å²) in [6.07, 6.45) is 1.18. The minimum absolute atomic E-state index is 0.0253.